The molecule has 0 spiro atoms. The largest absolute Gasteiger partial charge is 0.388 e. The second-order valence-corrected chi connectivity index (χ2v) is 7.66. The van der Waals surface area contributed by atoms with Gasteiger partial charge in [-0.05, 0) is 38.0 Å². The van der Waals surface area contributed by atoms with E-state index in [2.05, 4.69) is 44.9 Å². The number of hydrogen-bond acceptors (Lipinski definition) is 4. The number of nitrogens with two attached hydrogens (primary N) is 2. The molecule has 0 aliphatic carbocycles. The van der Waals surface area contributed by atoms with Crippen LogP contribution >= 0.6 is 11.8 Å². The second-order valence-electron chi connectivity index (χ2n) is 6.63. The SMILES string of the molecule is CC#CC.CC(=N)N.CC(C)CSCNCc1ccc(C(=N)N)cc1.CCCC. The predicted molar refractivity (Wildman–Crippen MR) is 134 cm³/mol. The van der Waals surface area contributed by atoms with Gasteiger partial charge in [-0.2, -0.15) is 0 Å². The molecule has 0 saturated heterocycles. The van der Waals surface area contributed by atoms with E-state index in [0.717, 1.165) is 23.9 Å². The number of amidine groups is 2. The molecule has 0 radical (unpaired) electrons. The van der Waals surface area contributed by atoms with Gasteiger partial charge in [0, 0.05) is 18.0 Å². The van der Waals surface area contributed by atoms with Crippen molar-refractivity contribution in [1.29, 1.82) is 10.8 Å². The summed E-state index contributed by atoms with van der Waals surface area (Å²) in [7, 11) is 0. The maximum Gasteiger partial charge on any atom is 0.122 e. The highest BCUT2D eigenvalue weighted by Gasteiger charge is 1.97. The van der Waals surface area contributed by atoms with Crippen molar-refractivity contribution in [1.82, 2.24) is 5.32 Å². The van der Waals surface area contributed by atoms with E-state index in [9.17, 15) is 0 Å². The van der Waals surface area contributed by atoms with E-state index in [1.165, 1.54) is 31.1 Å². The van der Waals surface area contributed by atoms with Gasteiger partial charge in [0.25, 0.3) is 0 Å². The van der Waals surface area contributed by atoms with Crippen molar-refractivity contribution in [2.24, 2.45) is 17.4 Å². The molecule has 0 aliphatic heterocycles. The summed E-state index contributed by atoms with van der Waals surface area (Å²) in [5.41, 5.74) is 12.1. The second kappa shape index (κ2) is 24.1. The van der Waals surface area contributed by atoms with E-state index in [-0.39, 0.29) is 11.7 Å². The Balaban J connectivity index is -0.000000462. The summed E-state index contributed by atoms with van der Waals surface area (Å²) in [5, 5.41) is 17.0. The summed E-state index contributed by atoms with van der Waals surface area (Å²) < 4.78 is 0. The van der Waals surface area contributed by atoms with Crippen molar-refractivity contribution in [3.8, 4) is 11.8 Å². The van der Waals surface area contributed by atoms with Gasteiger partial charge >= 0.3 is 0 Å². The molecule has 7 N–H and O–H groups in total. The number of unbranched alkanes of at least 4 members (excludes halogenated alkanes) is 1. The van der Waals surface area contributed by atoms with Gasteiger partial charge in [0.2, 0.25) is 0 Å². The van der Waals surface area contributed by atoms with Crippen LogP contribution in [-0.4, -0.2) is 23.3 Å². The molecule has 0 atom stereocenters. The molecule has 1 aromatic carbocycles. The Morgan fingerprint density at radius 1 is 1.03 bits per heavy atom. The molecule has 0 bridgehead atoms. The molecule has 0 aliphatic rings. The first kappa shape index (κ1) is 31.7. The smallest absolute Gasteiger partial charge is 0.122 e. The first-order valence-electron chi connectivity index (χ1n) is 10.0. The van der Waals surface area contributed by atoms with Crippen LogP contribution in [0.15, 0.2) is 24.3 Å². The van der Waals surface area contributed by atoms with Crippen LogP contribution in [0, 0.1) is 28.6 Å². The molecule has 0 amide bonds. The Kier molecular flexibility index (Phi) is 26.3. The Labute approximate surface area is 183 Å². The maximum atomic E-state index is 7.30. The van der Waals surface area contributed by atoms with Crippen LogP contribution in [0.3, 0.4) is 0 Å². The lowest BCUT2D eigenvalue weighted by atomic mass is 10.1. The first-order valence-corrected chi connectivity index (χ1v) is 11.2. The minimum atomic E-state index is 0.122. The summed E-state index contributed by atoms with van der Waals surface area (Å²) in [6.07, 6.45) is 2.64. The molecule has 1 rings (SSSR count). The van der Waals surface area contributed by atoms with Crippen LogP contribution in [0.1, 0.15) is 72.4 Å². The van der Waals surface area contributed by atoms with Crippen molar-refractivity contribution in [3.63, 3.8) is 0 Å². The van der Waals surface area contributed by atoms with Crippen molar-refractivity contribution < 1.29 is 0 Å². The molecule has 0 unspecified atom stereocenters. The molecule has 6 heteroatoms. The highest BCUT2D eigenvalue weighted by atomic mass is 32.2. The average molecular weight is 422 g/mol. The normalized spacial score (nSPS) is 8.69. The van der Waals surface area contributed by atoms with Crippen LogP contribution in [0.5, 0.6) is 0 Å². The minimum absolute atomic E-state index is 0.122. The topological polar surface area (TPSA) is 112 Å². The van der Waals surface area contributed by atoms with Crippen LogP contribution in [-0.2, 0) is 6.54 Å². The molecular weight excluding hydrogens is 378 g/mol. The van der Waals surface area contributed by atoms with Gasteiger partial charge < -0.3 is 16.8 Å². The summed E-state index contributed by atoms with van der Waals surface area (Å²) in [6.45, 7) is 14.9. The predicted octanol–water partition coefficient (Wildman–Crippen LogP) is 5.19. The number of thioether (sulfide) groups is 1. The molecule has 1 aromatic rings. The highest BCUT2D eigenvalue weighted by molar-refractivity contribution is 7.99. The highest BCUT2D eigenvalue weighted by Crippen LogP contribution is 2.07. The fraction of sp³-hybridized carbons (Fsp3) is 0.565. The van der Waals surface area contributed by atoms with E-state index in [4.69, 9.17) is 22.3 Å². The van der Waals surface area contributed by atoms with Gasteiger partial charge in [-0.1, -0.05) is 64.8 Å². The monoisotopic (exact) mass is 421 g/mol. The third-order valence-electron chi connectivity index (χ3n) is 3.00. The quantitative estimate of drug-likeness (QED) is 0.131. The van der Waals surface area contributed by atoms with E-state index in [1.807, 2.05) is 49.9 Å². The zero-order valence-corrected chi connectivity index (χ0v) is 20.3. The number of hydrogen-bond donors (Lipinski definition) is 5. The molecule has 0 aromatic heterocycles. The maximum absolute atomic E-state index is 7.30. The third kappa shape index (κ3) is 31.0. The average Bonchev–Trinajstić information content (AvgIpc) is 2.67. The van der Waals surface area contributed by atoms with Crippen LogP contribution in [0.4, 0.5) is 0 Å². The molecule has 0 fully saturated rings. The Morgan fingerprint density at radius 2 is 1.48 bits per heavy atom. The van der Waals surface area contributed by atoms with Crippen molar-refractivity contribution in [2.45, 2.75) is 67.9 Å². The van der Waals surface area contributed by atoms with Gasteiger partial charge in [-0.25, -0.2) is 0 Å². The van der Waals surface area contributed by atoms with Crippen LogP contribution < -0.4 is 16.8 Å². The lowest BCUT2D eigenvalue weighted by molar-refractivity contribution is 0.743. The van der Waals surface area contributed by atoms with E-state index >= 15 is 0 Å². The lowest BCUT2D eigenvalue weighted by Gasteiger charge is -2.07. The molecule has 0 heterocycles. The number of rotatable bonds is 8. The van der Waals surface area contributed by atoms with Crippen molar-refractivity contribution >= 4 is 23.4 Å². The Bertz CT molecular complexity index is 559. The Morgan fingerprint density at radius 3 is 1.79 bits per heavy atom. The van der Waals surface area contributed by atoms with Crippen molar-refractivity contribution in [3.05, 3.63) is 35.4 Å². The standard InChI is InChI=1S/C13H21N3S.C4H10.C4H6.C2H6N2/c1-10(2)8-17-9-16-7-11-3-5-12(6-4-11)13(14)15;2*1-3-4-2;1-2(3)4/h3-6,10,16H,7-9H2,1-2H3,(H3,14,15);3-4H2,1-2H3;1-2H3;1H3,(H3,3,4). The van der Waals surface area contributed by atoms with Crippen LogP contribution in [0.25, 0.3) is 0 Å². The zero-order valence-electron chi connectivity index (χ0n) is 19.5. The number of nitrogens with one attached hydrogen (secondary N) is 3. The summed E-state index contributed by atoms with van der Waals surface area (Å²) >= 11 is 1.92. The van der Waals surface area contributed by atoms with E-state index in [1.54, 1.807) is 0 Å². The van der Waals surface area contributed by atoms with Gasteiger partial charge in [0.15, 0.2) is 0 Å². The van der Waals surface area contributed by atoms with Gasteiger partial charge in [-0.3, -0.25) is 10.8 Å². The first-order chi connectivity index (χ1) is 13.7. The molecule has 0 saturated carbocycles. The van der Waals surface area contributed by atoms with E-state index < -0.39 is 0 Å². The summed E-state index contributed by atoms with van der Waals surface area (Å²) in [4.78, 5) is 0. The Hall–Kier alpha value is -1.97. The summed E-state index contributed by atoms with van der Waals surface area (Å²) in [5.74, 6) is 8.57. The molecule has 5 nitrogen and oxygen atoms in total. The van der Waals surface area contributed by atoms with Gasteiger partial charge in [-0.15, -0.1) is 23.6 Å². The van der Waals surface area contributed by atoms with Crippen LogP contribution in [0.2, 0.25) is 0 Å². The van der Waals surface area contributed by atoms with E-state index in [0.29, 0.717) is 0 Å². The molecular formula is C23H43N5S. The van der Waals surface area contributed by atoms with Gasteiger partial charge in [0.1, 0.15) is 5.84 Å². The zero-order chi connectivity index (χ0) is 23.1. The van der Waals surface area contributed by atoms with Gasteiger partial charge in [0.05, 0.1) is 5.84 Å². The minimum Gasteiger partial charge on any atom is -0.388 e. The van der Waals surface area contributed by atoms with Crippen molar-refractivity contribution in [2.75, 3.05) is 11.6 Å². The fourth-order valence-electron chi connectivity index (χ4n) is 1.36. The lowest BCUT2D eigenvalue weighted by Crippen LogP contribution is -2.14. The summed E-state index contributed by atoms with van der Waals surface area (Å²) in [6, 6.07) is 7.80. The molecule has 166 valence electrons. The fourth-order valence-corrected chi connectivity index (χ4v) is 2.20. The number of benzene rings is 1. The molecule has 29 heavy (non-hydrogen) atoms. The number of nitrogen functional groups attached to an aromatic ring is 1. The third-order valence-corrected chi connectivity index (χ3v) is 4.31.